The number of methoxy groups -OCH3 is 1. The van der Waals surface area contributed by atoms with Gasteiger partial charge in [0.2, 0.25) is 0 Å². The standard InChI is InChI=1S/C16H26O/c1-11-6-7-13-14(3,4)12(2)16(17-5)9-8-15(11,13)10-16/h11,13H,2,6-10H2,1,3-5H3/t11-,13+,15-,16-/m1/s1. The molecule has 2 bridgehead atoms. The first-order valence-electron chi connectivity index (χ1n) is 7.14. The lowest BCUT2D eigenvalue weighted by Gasteiger charge is -2.53. The zero-order valence-corrected chi connectivity index (χ0v) is 11.8. The number of rotatable bonds is 1. The van der Waals surface area contributed by atoms with Crippen LogP contribution in [0.15, 0.2) is 12.2 Å². The van der Waals surface area contributed by atoms with Crippen molar-refractivity contribution in [3.05, 3.63) is 12.2 Å². The minimum atomic E-state index is -0.00139. The van der Waals surface area contributed by atoms with E-state index in [1.54, 1.807) is 0 Å². The monoisotopic (exact) mass is 234 g/mol. The molecular weight excluding hydrogens is 208 g/mol. The number of ether oxygens (including phenoxy) is 1. The molecule has 3 rings (SSSR count). The maximum atomic E-state index is 5.97. The van der Waals surface area contributed by atoms with Crippen molar-refractivity contribution < 1.29 is 4.74 Å². The summed E-state index contributed by atoms with van der Waals surface area (Å²) < 4.78 is 5.97. The fourth-order valence-electron chi connectivity index (χ4n) is 5.63. The van der Waals surface area contributed by atoms with Crippen LogP contribution < -0.4 is 0 Å². The molecule has 0 amide bonds. The first-order chi connectivity index (χ1) is 7.89. The van der Waals surface area contributed by atoms with Crippen LogP contribution in [-0.4, -0.2) is 12.7 Å². The molecule has 0 unspecified atom stereocenters. The van der Waals surface area contributed by atoms with Crippen LogP contribution in [0, 0.1) is 22.7 Å². The van der Waals surface area contributed by atoms with Gasteiger partial charge >= 0.3 is 0 Å². The van der Waals surface area contributed by atoms with Crippen LogP contribution in [0.4, 0.5) is 0 Å². The Balaban J connectivity index is 2.13. The van der Waals surface area contributed by atoms with Crippen LogP contribution in [0.1, 0.15) is 52.9 Å². The molecule has 96 valence electrons. The van der Waals surface area contributed by atoms with E-state index in [4.69, 9.17) is 4.74 Å². The second kappa shape index (κ2) is 3.17. The number of hydrogen-bond donors (Lipinski definition) is 0. The van der Waals surface area contributed by atoms with Crippen molar-refractivity contribution >= 4 is 0 Å². The van der Waals surface area contributed by atoms with Gasteiger partial charge in [-0.2, -0.15) is 0 Å². The van der Waals surface area contributed by atoms with Crippen molar-refractivity contribution in [3.63, 3.8) is 0 Å². The van der Waals surface area contributed by atoms with Crippen molar-refractivity contribution in [1.82, 2.24) is 0 Å². The van der Waals surface area contributed by atoms with E-state index in [1.807, 2.05) is 7.11 Å². The van der Waals surface area contributed by atoms with Crippen LogP contribution in [-0.2, 0) is 4.74 Å². The van der Waals surface area contributed by atoms with Crippen molar-refractivity contribution in [3.8, 4) is 0 Å². The zero-order chi connectivity index (χ0) is 12.5. The van der Waals surface area contributed by atoms with E-state index in [2.05, 4.69) is 27.4 Å². The van der Waals surface area contributed by atoms with Crippen LogP contribution in [0.2, 0.25) is 0 Å². The van der Waals surface area contributed by atoms with E-state index in [9.17, 15) is 0 Å². The molecule has 0 aromatic rings. The summed E-state index contributed by atoms with van der Waals surface area (Å²) in [6, 6.07) is 0. The van der Waals surface area contributed by atoms with Gasteiger partial charge in [0.25, 0.3) is 0 Å². The van der Waals surface area contributed by atoms with Gasteiger partial charge in [-0.3, -0.25) is 0 Å². The normalized spacial score (nSPS) is 51.6. The quantitative estimate of drug-likeness (QED) is 0.618. The molecule has 17 heavy (non-hydrogen) atoms. The third kappa shape index (κ3) is 1.15. The average molecular weight is 234 g/mol. The lowest BCUT2D eigenvalue weighted by molar-refractivity contribution is -0.0577. The maximum absolute atomic E-state index is 5.97. The second-order valence-electron chi connectivity index (χ2n) is 7.34. The minimum absolute atomic E-state index is 0.00139. The summed E-state index contributed by atoms with van der Waals surface area (Å²) in [5.74, 6) is 1.71. The molecule has 3 aliphatic rings. The van der Waals surface area contributed by atoms with E-state index >= 15 is 0 Å². The molecule has 0 heterocycles. The maximum Gasteiger partial charge on any atom is 0.0896 e. The summed E-state index contributed by atoms with van der Waals surface area (Å²) in [7, 11) is 1.89. The van der Waals surface area contributed by atoms with E-state index in [1.165, 1.54) is 37.7 Å². The summed E-state index contributed by atoms with van der Waals surface area (Å²) in [4.78, 5) is 0. The van der Waals surface area contributed by atoms with Crippen molar-refractivity contribution in [2.75, 3.05) is 7.11 Å². The Bertz CT molecular complexity index is 370. The molecule has 3 aliphatic carbocycles. The van der Waals surface area contributed by atoms with E-state index < -0.39 is 0 Å². The fraction of sp³-hybridized carbons (Fsp3) is 0.875. The molecule has 0 saturated heterocycles. The molecule has 0 aliphatic heterocycles. The molecule has 3 fully saturated rings. The molecule has 0 N–H and O–H groups in total. The molecular formula is C16H26O. The highest BCUT2D eigenvalue weighted by molar-refractivity contribution is 5.33. The molecule has 1 nitrogen and oxygen atoms in total. The zero-order valence-electron chi connectivity index (χ0n) is 11.8. The summed E-state index contributed by atoms with van der Waals surface area (Å²) in [6.45, 7) is 11.7. The Morgan fingerprint density at radius 1 is 1.24 bits per heavy atom. The molecule has 1 spiro atoms. The Morgan fingerprint density at radius 3 is 2.59 bits per heavy atom. The van der Waals surface area contributed by atoms with Crippen molar-refractivity contribution in [2.45, 2.75) is 58.5 Å². The lowest BCUT2D eigenvalue weighted by atomic mass is 9.53. The largest absolute Gasteiger partial charge is 0.374 e. The highest BCUT2D eigenvalue weighted by Crippen LogP contribution is 2.72. The lowest BCUT2D eigenvalue weighted by Crippen LogP contribution is -2.50. The van der Waals surface area contributed by atoms with E-state index in [0.29, 0.717) is 5.41 Å². The third-order valence-electron chi connectivity index (χ3n) is 6.76. The Kier molecular flexibility index (Phi) is 2.20. The predicted octanol–water partition coefficient (Wildman–Crippen LogP) is 4.18. The Hall–Kier alpha value is -0.300. The number of fused-ring (bicyclic) bond motifs is 1. The van der Waals surface area contributed by atoms with Crippen LogP contribution >= 0.6 is 0 Å². The van der Waals surface area contributed by atoms with Gasteiger partial charge in [0.15, 0.2) is 0 Å². The van der Waals surface area contributed by atoms with Gasteiger partial charge in [-0.05, 0) is 60.3 Å². The SMILES string of the molecule is C=C1C(C)(C)[C@@H]2CC[C@@H](C)[C@]23CC[C@@]1(OC)C3. The average Bonchev–Trinajstić information content (AvgIpc) is 2.81. The highest BCUT2D eigenvalue weighted by atomic mass is 16.5. The summed E-state index contributed by atoms with van der Waals surface area (Å²) in [5, 5.41) is 0. The molecule has 1 heteroatoms. The Morgan fingerprint density at radius 2 is 1.94 bits per heavy atom. The van der Waals surface area contributed by atoms with E-state index in [-0.39, 0.29) is 11.0 Å². The smallest absolute Gasteiger partial charge is 0.0896 e. The molecule has 4 atom stereocenters. The van der Waals surface area contributed by atoms with Gasteiger partial charge in [-0.25, -0.2) is 0 Å². The van der Waals surface area contributed by atoms with Crippen LogP contribution in [0.3, 0.4) is 0 Å². The number of hydrogen-bond acceptors (Lipinski definition) is 1. The summed E-state index contributed by atoms with van der Waals surface area (Å²) >= 11 is 0. The molecule has 0 aromatic carbocycles. The van der Waals surface area contributed by atoms with Gasteiger partial charge < -0.3 is 4.74 Å². The first-order valence-corrected chi connectivity index (χ1v) is 7.14. The summed E-state index contributed by atoms with van der Waals surface area (Å²) in [5.41, 5.74) is 2.19. The van der Waals surface area contributed by atoms with Gasteiger partial charge in [-0.1, -0.05) is 27.4 Å². The summed E-state index contributed by atoms with van der Waals surface area (Å²) in [6.07, 6.45) is 6.60. The van der Waals surface area contributed by atoms with Crippen molar-refractivity contribution in [2.24, 2.45) is 22.7 Å². The predicted molar refractivity (Wildman–Crippen MR) is 70.8 cm³/mol. The molecule has 0 radical (unpaired) electrons. The van der Waals surface area contributed by atoms with Gasteiger partial charge in [-0.15, -0.1) is 0 Å². The van der Waals surface area contributed by atoms with E-state index in [0.717, 1.165) is 11.8 Å². The van der Waals surface area contributed by atoms with Gasteiger partial charge in [0.05, 0.1) is 5.60 Å². The van der Waals surface area contributed by atoms with Crippen LogP contribution in [0.25, 0.3) is 0 Å². The van der Waals surface area contributed by atoms with Crippen molar-refractivity contribution in [1.29, 1.82) is 0 Å². The second-order valence-corrected chi connectivity index (χ2v) is 7.34. The first kappa shape index (κ1) is 11.8. The van der Waals surface area contributed by atoms with Crippen LogP contribution in [0.5, 0.6) is 0 Å². The third-order valence-corrected chi connectivity index (χ3v) is 6.76. The fourth-order valence-corrected chi connectivity index (χ4v) is 5.63. The molecule has 0 aromatic heterocycles. The topological polar surface area (TPSA) is 9.23 Å². The Labute approximate surface area is 106 Å². The highest BCUT2D eigenvalue weighted by Gasteiger charge is 2.67. The van der Waals surface area contributed by atoms with Gasteiger partial charge in [0, 0.05) is 7.11 Å². The van der Waals surface area contributed by atoms with Gasteiger partial charge in [0.1, 0.15) is 0 Å². The molecule has 3 saturated carbocycles. The minimum Gasteiger partial charge on any atom is -0.374 e.